The number of ether oxygens (including phenoxy) is 1. The van der Waals surface area contributed by atoms with Crippen LogP contribution in [0.3, 0.4) is 0 Å². The number of halogens is 1. The first-order valence-corrected chi connectivity index (χ1v) is 11.9. The second-order valence-electron chi connectivity index (χ2n) is 8.47. The lowest BCUT2D eigenvalue weighted by atomic mass is 9.75. The number of aromatic nitrogens is 3. The molecule has 5 atom stereocenters. The Kier molecular flexibility index (Phi) is 4.84. The molecule has 2 bridgehead atoms. The zero-order valence-corrected chi connectivity index (χ0v) is 20.2. The predicted octanol–water partition coefficient (Wildman–Crippen LogP) is 1.90. The minimum atomic E-state index is -0.899. The van der Waals surface area contributed by atoms with E-state index >= 15 is 0 Å². The van der Waals surface area contributed by atoms with Crippen molar-refractivity contribution in [1.82, 2.24) is 13.9 Å². The van der Waals surface area contributed by atoms with Crippen LogP contribution in [0.5, 0.6) is 0 Å². The molecule has 1 saturated heterocycles. The lowest BCUT2D eigenvalue weighted by molar-refractivity contribution is 0.0194. The topological polar surface area (TPSA) is 76.6 Å². The van der Waals surface area contributed by atoms with Crippen LogP contribution in [0.4, 0.5) is 0 Å². The van der Waals surface area contributed by atoms with E-state index in [9.17, 15) is 9.59 Å². The van der Waals surface area contributed by atoms with Gasteiger partial charge in [-0.2, -0.15) is 0 Å². The van der Waals surface area contributed by atoms with Crippen LogP contribution in [0.15, 0.2) is 76.3 Å². The van der Waals surface area contributed by atoms with Crippen LogP contribution in [0.2, 0.25) is 0 Å². The highest BCUT2D eigenvalue weighted by atomic mass is 127. The number of rotatable bonds is 4. The largest absolute Gasteiger partial charge is 0.495 e. The molecule has 0 radical (unpaired) electrons. The predicted molar refractivity (Wildman–Crippen MR) is 131 cm³/mol. The fourth-order valence-corrected chi connectivity index (χ4v) is 6.24. The molecule has 10 heteroatoms. The minimum absolute atomic E-state index is 0.131. The molecule has 0 saturated carbocycles. The van der Waals surface area contributed by atoms with E-state index in [-0.39, 0.29) is 11.8 Å². The van der Waals surface area contributed by atoms with Crippen molar-refractivity contribution in [3.63, 3.8) is 0 Å². The Morgan fingerprint density at radius 1 is 1.06 bits per heavy atom. The van der Waals surface area contributed by atoms with Crippen LogP contribution in [0.1, 0.15) is 24.6 Å². The molecule has 0 spiro atoms. The highest BCUT2D eigenvalue weighted by Gasteiger charge is 2.61. The molecule has 1 aliphatic carbocycles. The standard InChI is InChI=1S/C23H21BIN3O5/c1-14(31-2)16-10-6-7-11-17(16)24-32-19-18-12-13-23(25,20(19)33-24)28-22(30)26(21(29)27(18)28)15-8-4-3-5-9-15/h3-14,18-20H,1-2H3/t14-,18-,19-,20-,23+/m0/s1. The molecule has 0 amide bonds. The fraction of sp³-hybridized carbons (Fsp3) is 0.304. The first kappa shape index (κ1) is 21.1. The SMILES string of the molecule is CO[C@@H](C)c1ccccc1B1O[C@H]2[C@@H]3C=C[C@](I)([C@H]2O1)n1c(=O)n(-c2ccccc2)c(=O)n13. The summed E-state index contributed by atoms with van der Waals surface area (Å²) in [6.45, 7) is 1.98. The number of nitrogens with zero attached hydrogens (tertiary/aromatic N) is 3. The summed E-state index contributed by atoms with van der Waals surface area (Å²) in [6.07, 6.45) is 2.91. The Hall–Kier alpha value is -2.41. The highest BCUT2D eigenvalue weighted by Crippen LogP contribution is 2.49. The normalized spacial score (nSPS) is 28.1. The van der Waals surface area contributed by atoms with Gasteiger partial charge in [-0.15, -0.1) is 0 Å². The average Bonchev–Trinajstić information content (AvgIpc) is 3.41. The van der Waals surface area contributed by atoms with Gasteiger partial charge in [0.05, 0.1) is 17.9 Å². The molecule has 0 unspecified atom stereocenters. The summed E-state index contributed by atoms with van der Waals surface area (Å²) in [7, 11) is 1.04. The van der Waals surface area contributed by atoms with Crippen molar-refractivity contribution < 1.29 is 14.0 Å². The zero-order valence-electron chi connectivity index (χ0n) is 18.0. The van der Waals surface area contributed by atoms with Crippen molar-refractivity contribution in [2.75, 3.05) is 7.11 Å². The number of alkyl halides is 1. The van der Waals surface area contributed by atoms with Gasteiger partial charge in [0, 0.05) is 7.11 Å². The van der Waals surface area contributed by atoms with E-state index < -0.39 is 34.6 Å². The van der Waals surface area contributed by atoms with Gasteiger partial charge in [0.2, 0.25) is 0 Å². The molecule has 33 heavy (non-hydrogen) atoms. The Labute approximate surface area is 203 Å². The molecule has 3 aromatic rings. The molecule has 7 rings (SSSR count). The second-order valence-corrected chi connectivity index (χ2v) is 10.2. The van der Waals surface area contributed by atoms with Gasteiger partial charge in [-0.05, 0) is 58.7 Å². The molecule has 168 valence electrons. The van der Waals surface area contributed by atoms with E-state index in [0.717, 1.165) is 11.0 Å². The first-order chi connectivity index (χ1) is 16.0. The van der Waals surface area contributed by atoms with Crippen LogP contribution >= 0.6 is 22.6 Å². The number of hydrogen-bond donors (Lipinski definition) is 0. The quantitative estimate of drug-likeness (QED) is 0.212. The van der Waals surface area contributed by atoms with E-state index in [1.165, 1.54) is 13.9 Å². The van der Waals surface area contributed by atoms with Gasteiger partial charge in [0.25, 0.3) is 0 Å². The fourth-order valence-electron chi connectivity index (χ4n) is 5.09. The summed E-state index contributed by atoms with van der Waals surface area (Å²) in [5, 5.41) is 0. The number of hydrogen-bond acceptors (Lipinski definition) is 5. The van der Waals surface area contributed by atoms with Gasteiger partial charge in [-0.25, -0.2) is 23.5 Å². The van der Waals surface area contributed by atoms with Crippen LogP contribution in [0.25, 0.3) is 5.69 Å². The van der Waals surface area contributed by atoms with E-state index in [4.69, 9.17) is 14.0 Å². The van der Waals surface area contributed by atoms with Gasteiger partial charge >= 0.3 is 18.5 Å². The molecule has 8 nitrogen and oxygen atoms in total. The van der Waals surface area contributed by atoms with Gasteiger partial charge in [0.15, 0.2) is 3.55 Å². The summed E-state index contributed by atoms with van der Waals surface area (Å²) in [5.74, 6) is 0. The van der Waals surface area contributed by atoms with Crippen molar-refractivity contribution in [3.05, 3.63) is 93.3 Å². The van der Waals surface area contributed by atoms with Crippen molar-refractivity contribution in [1.29, 1.82) is 0 Å². The number of benzene rings is 2. The van der Waals surface area contributed by atoms with E-state index in [1.54, 1.807) is 31.4 Å². The van der Waals surface area contributed by atoms with E-state index in [0.29, 0.717) is 5.69 Å². The molecule has 4 heterocycles. The first-order valence-electron chi connectivity index (χ1n) is 10.8. The Morgan fingerprint density at radius 3 is 2.55 bits per heavy atom. The van der Waals surface area contributed by atoms with Crippen LogP contribution in [0, 0.1) is 0 Å². The monoisotopic (exact) mass is 557 g/mol. The van der Waals surface area contributed by atoms with Crippen LogP contribution < -0.4 is 16.8 Å². The minimum Gasteiger partial charge on any atom is -0.399 e. The Bertz CT molecular complexity index is 1380. The van der Waals surface area contributed by atoms with Gasteiger partial charge in [-0.3, -0.25) is 0 Å². The molecule has 0 N–H and O–H groups in total. The summed E-state index contributed by atoms with van der Waals surface area (Å²) in [4.78, 5) is 27.0. The lowest BCUT2D eigenvalue weighted by Gasteiger charge is -2.46. The molecule has 3 aliphatic heterocycles. The van der Waals surface area contributed by atoms with E-state index in [2.05, 4.69) is 22.6 Å². The third-order valence-electron chi connectivity index (χ3n) is 6.75. The van der Waals surface area contributed by atoms with Crippen molar-refractivity contribution >= 4 is 35.2 Å². The molecular weight excluding hydrogens is 536 g/mol. The number of methoxy groups -OCH3 is 1. The van der Waals surface area contributed by atoms with Crippen molar-refractivity contribution in [2.45, 2.75) is 34.8 Å². The highest BCUT2D eigenvalue weighted by molar-refractivity contribution is 14.1. The molecule has 1 fully saturated rings. The third kappa shape index (κ3) is 2.87. The maximum absolute atomic E-state index is 13.5. The molecular formula is C23H21BIN3O5. The summed E-state index contributed by atoms with van der Waals surface area (Å²) in [5.41, 5.74) is 1.62. The summed E-state index contributed by atoms with van der Waals surface area (Å²) in [6, 6.07) is 16.4. The zero-order chi connectivity index (χ0) is 22.9. The number of para-hydroxylation sites is 1. The second kappa shape index (κ2) is 7.56. The van der Waals surface area contributed by atoms with Crippen molar-refractivity contribution in [3.8, 4) is 5.69 Å². The van der Waals surface area contributed by atoms with E-state index in [1.807, 2.05) is 49.4 Å². The molecule has 2 aromatic carbocycles. The van der Waals surface area contributed by atoms with Gasteiger partial charge in [-0.1, -0.05) is 48.5 Å². The Morgan fingerprint density at radius 2 is 1.79 bits per heavy atom. The Balaban J connectivity index is 1.45. The maximum Gasteiger partial charge on any atom is 0.495 e. The maximum atomic E-state index is 13.5. The summed E-state index contributed by atoms with van der Waals surface area (Å²) >= 11 is 2.21. The average molecular weight is 557 g/mol. The summed E-state index contributed by atoms with van der Waals surface area (Å²) < 4.78 is 21.8. The van der Waals surface area contributed by atoms with Crippen LogP contribution in [-0.2, 0) is 17.6 Å². The third-order valence-corrected chi connectivity index (χ3v) is 8.18. The van der Waals surface area contributed by atoms with Crippen LogP contribution in [-0.4, -0.2) is 40.4 Å². The molecule has 4 aliphatic rings. The van der Waals surface area contributed by atoms with Crippen molar-refractivity contribution in [2.24, 2.45) is 0 Å². The van der Waals surface area contributed by atoms with Gasteiger partial charge in [0.1, 0.15) is 12.1 Å². The smallest absolute Gasteiger partial charge is 0.399 e. The van der Waals surface area contributed by atoms with Gasteiger partial charge < -0.3 is 14.0 Å². The lowest BCUT2D eigenvalue weighted by Crippen LogP contribution is -2.61. The molecule has 1 aromatic heterocycles.